The molecule has 1 N–H and O–H groups in total. The number of hydrogen-bond donors (Lipinski definition) is 1. The number of aliphatic hydroxyl groups excluding tert-OH is 1. The summed E-state index contributed by atoms with van der Waals surface area (Å²) in [6.07, 6.45) is -0.351. The summed E-state index contributed by atoms with van der Waals surface area (Å²) < 4.78 is 19.9. The smallest absolute Gasteiger partial charge is 0.264 e. The van der Waals surface area contributed by atoms with Gasteiger partial charge in [0.25, 0.3) is 5.91 Å². The Kier molecular flexibility index (Phi) is 3.93. The summed E-state index contributed by atoms with van der Waals surface area (Å²) in [7, 11) is 0. The third-order valence-electron chi connectivity index (χ3n) is 3.69. The highest BCUT2D eigenvalue weighted by Gasteiger charge is 2.30. The van der Waals surface area contributed by atoms with Crippen molar-refractivity contribution in [1.82, 2.24) is 4.90 Å². The molecule has 2 aromatic rings. The third kappa shape index (κ3) is 2.66. The van der Waals surface area contributed by atoms with E-state index in [1.54, 1.807) is 23.1 Å². The SMILES string of the molecule is CC1COC(CO)CN1C(=O)c1cc2c(F)cccc2s1. The third-order valence-corrected chi connectivity index (χ3v) is 4.78. The minimum Gasteiger partial charge on any atom is -0.394 e. The Balaban J connectivity index is 1.90. The van der Waals surface area contributed by atoms with E-state index in [1.807, 2.05) is 6.92 Å². The van der Waals surface area contributed by atoms with Crippen LogP contribution < -0.4 is 0 Å². The van der Waals surface area contributed by atoms with Gasteiger partial charge in [0.05, 0.1) is 30.2 Å². The Morgan fingerprint density at radius 2 is 2.38 bits per heavy atom. The maximum absolute atomic E-state index is 13.7. The molecule has 6 heteroatoms. The second-order valence-electron chi connectivity index (χ2n) is 5.21. The van der Waals surface area contributed by atoms with Crippen LogP contribution in [0, 0.1) is 5.82 Å². The van der Waals surface area contributed by atoms with Crippen LogP contribution in [0.5, 0.6) is 0 Å². The van der Waals surface area contributed by atoms with E-state index in [1.165, 1.54) is 17.4 Å². The van der Waals surface area contributed by atoms with Crippen molar-refractivity contribution in [2.24, 2.45) is 0 Å². The van der Waals surface area contributed by atoms with Crippen LogP contribution in [-0.2, 0) is 4.74 Å². The van der Waals surface area contributed by atoms with Crippen molar-refractivity contribution in [3.8, 4) is 0 Å². The number of morpholine rings is 1. The number of ether oxygens (including phenoxy) is 1. The van der Waals surface area contributed by atoms with Crippen molar-refractivity contribution in [3.05, 3.63) is 35.0 Å². The van der Waals surface area contributed by atoms with Gasteiger partial charge in [0, 0.05) is 16.6 Å². The van der Waals surface area contributed by atoms with Gasteiger partial charge in [-0.05, 0) is 25.1 Å². The molecular weight excluding hydrogens is 293 g/mol. The molecular formula is C15H16FNO3S. The highest BCUT2D eigenvalue weighted by atomic mass is 32.1. The second-order valence-corrected chi connectivity index (χ2v) is 6.29. The summed E-state index contributed by atoms with van der Waals surface area (Å²) in [6.45, 7) is 2.54. The van der Waals surface area contributed by atoms with Crippen LogP contribution >= 0.6 is 11.3 Å². The van der Waals surface area contributed by atoms with E-state index < -0.39 is 0 Å². The number of halogens is 1. The van der Waals surface area contributed by atoms with E-state index in [0.29, 0.717) is 23.4 Å². The van der Waals surface area contributed by atoms with Crippen molar-refractivity contribution in [3.63, 3.8) is 0 Å². The molecule has 1 aliphatic rings. The van der Waals surface area contributed by atoms with Gasteiger partial charge in [0.15, 0.2) is 0 Å². The quantitative estimate of drug-likeness (QED) is 0.926. The van der Waals surface area contributed by atoms with Crippen molar-refractivity contribution in [2.45, 2.75) is 19.1 Å². The van der Waals surface area contributed by atoms with Gasteiger partial charge in [0.2, 0.25) is 0 Å². The minimum atomic E-state index is -0.351. The zero-order valence-electron chi connectivity index (χ0n) is 11.6. The average molecular weight is 309 g/mol. The number of fused-ring (bicyclic) bond motifs is 1. The predicted octanol–water partition coefficient (Wildman–Crippen LogP) is 2.26. The molecule has 0 radical (unpaired) electrons. The lowest BCUT2D eigenvalue weighted by molar-refractivity contribution is -0.0666. The average Bonchev–Trinajstić information content (AvgIpc) is 2.93. The van der Waals surface area contributed by atoms with Gasteiger partial charge in [0.1, 0.15) is 5.82 Å². The number of thiophene rings is 1. The minimum absolute atomic E-state index is 0.0599. The highest BCUT2D eigenvalue weighted by molar-refractivity contribution is 7.20. The summed E-state index contributed by atoms with van der Waals surface area (Å²) in [5, 5.41) is 9.67. The first-order valence-corrected chi connectivity index (χ1v) is 7.63. The van der Waals surface area contributed by atoms with Crippen LogP contribution in [-0.4, -0.2) is 47.8 Å². The van der Waals surface area contributed by atoms with Crippen LogP contribution in [0.15, 0.2) is 24.3 Å². The van der Waals surface area contributed by atoms with Gasteiger partial charge in [-0.25, -0.2) is 4.39 Å². The molecule has 1 saturated heterocycles. The number of rotatable bonds is 2. The fourth-order valence-corrected chi connectivity index (χ4v) is 3.51. The van der Waals surface area contributed by atoms with Crippen molar-refractivity contribution >= 4 is 27.3 Å². The first kappa shape index (κ1) is 14.4. The zero-order chi connectivity index (χ0) is 15.0. The normalized spacial score (nSPS) is 22.7. The molecule has 2 atom stereocenters. The first-order chi connectivity index (χ1) is 10.1. The van der Waals surface area contributed by atoms with Crippen molar-refractivity contribution in [1.29, 1.82) is 0 Å². The number of aliphatic hydroxyl groups is 1. The molecule has 1 fully saturated rings. The molecule has 1 aromatic carbocycles. The lowest BCUT2D eigenvalue weighted by Crippen LogP contribution is -2.51. The molecule has 3 rings (SSSR count). The van der Waals surface area contributed by atoms with Crippen LogP contribution in [0.4, 0.5) is 4.39 Å². The lowest BCUT2D eigenvalue weighted by atomic mass is 10.2. The second kappa shape index (κ2) is 5.71. The molecule has 1 amide bonds. The molecule has 0 saturated carbocycles. The first-order valence-electron chi connectivity index (χ1n) is 6.81. The summed E-state index contributed by atoms with van der Waals surface area (Å²) >= 11 is 1.29. The van der Waals surface area contributed by atoms with Gasteiger partial charge < -0.3 is 14.7 Å². The molecule has 21 heavy (non-hydrogen) atoms. The van der Waals surface area contributed by atoms with E-state index in [0.717, 1.165) is 4.70 Å². The van der Waals surface area contributed by atoms with Crippen molar-refractivity contribution in [2.75, 3.05) is 19.8 Å². The fourth-order valence-electron chi connectivity index (χ4n) is 2.48. The maximum atomic E-state index is 13.7. The van der Waals surface area contributed by atoms with Crippen LogP contribution in [0.25, 0.3) is 10.1 Å². The molecule has 0 bridgehead atoms. The standard InChI is InChI=1S/C15H16FNO3S/c1-9-8-20-10(7-18)6-17(9)15(19)14-5-11-12(16)3-2-4-13(11)21-14/h2-5,9-10,18H,6-8H2,1H3. The van der Waals surface area contributed by atoms with E-state index in [4.69, 9.17) is 4.74 Å². The molecule has 0 spiro atoms. The van der Waals surface area contributed by atoms with Gasteiger partial charge in [-0.1, -0.05) is 6.07 Å². The van der Waals surface area contributed by atoms with Crippen LogP contribution in [0.1, 0.15) is 16.6 Å². The zero-order valence-corrected chi connectivity index (χ0v) is 12.4. The summed E-state index contributed by atoms with van der Waals surface area (Å²) in [5.74, 6) is -0.448. The number of amides is 1. The lowest BCUT2D eigenvalue weighted by Gasteiger charge is -2.37. The van der Waals surface area contributed by atoms with E-state index >= 15 is 0 Å². The van der Waals surface area contributed by atoms with Gasteiger partial charge in [-0.3, -0.25) is 4.79 Å². The maximum Gasteiger partial charge on any atom is 0.264 e. The Morgan fingerprint density at radius 1 is 1.57 bits per heavy atom. The van der Waals surface area contributed by atoms with Crippen molar-refractivity contribution < 1.29 is 19.0 Å². The number of benzene rings is 1. The largest absolute Gasteiger partial charge is 0.394 e. The van der Waals surface area contributed by atoms with Gasteiger partial charge in [-0.2, -0.15) is 0 Å². The van der Waals surface area contributed by atoms with Crippen LogP contribution in [0.2, 0.25) is 0 Å². The predicted molar refractivity (Wildman–Crippen MR) is 79.1 cm³/mol. The number of hydrogen-bond acceptors (Lipinski definition) is 4. The van der Waals surface area contributed by atoms with Gasteiger partial charge >= 0.3 is 0 Å². The van der Waals surface area contributed by atoms with Crippen LogP contribution in [0.3, 0.4) is 0 Å². The van der Waals surface area contributed by atoms with Gasteiger partial charge in [-0.15, -0.1) is 11.3 Å². The molecule has 1 aromatic heterocycles. The Morgan fingerprint density at radius 3 is 3.10 bits per heavy atom. The Labute approximate surface area is 125 Å². The fraction of sp³-hybridized carbons (Fsp3) is 0.400. The summed E-state index contributed by atoms with van der Waals surface area (Å²) in [5.41, 5.74) is 0. The molecule has 0 aliphatic carbocycles. The highest BCUT2D eigenvalue weighted by Crippen LogP contribution is 2.29. The number of carbonyl (C=O) groups is 1. The number of carbonyl (C=O) groups excluding carboxylic acids is 1. The molecule has 4 nitrogen and oxygen atoms in total. The topological polar surface area (TPSA) is 49.8 Å². The monoisotopic (exact) mass is 309 g/mol. The molecule has 112 valence electrons. The molecule has 2 unspecified atom stereocenters. The Bertz CT molecular complexity index is 672. The number of nitrogens with zero attached hydrogens (tertiary/aromatic N) is 1. The Hall–Kier alpha value is -1.50. The van der Waals surface area contributed by atoms with E-state index in [-0.39, 0.29) is 30.5 Å². The molecule has 1 aliphatic heterocycles. The van der Waals surface area contributed by atoms with E-state index in [9.17, 15) is 14.3 Å². The summed E-state index contributed by atoms with van der Waals surface area (Å²) in [4.78, 5) is 14.8. The van der Waals surface area contributed by atoms with E-state index in [2.05, 4.69) is 0 Å². The molecule has 2 heterocycles. The summed E-state index contributed by atoms with van der Waals surface area (Å²) in [6, 6.07) is 6.38.